The third-order valence-electron chi connectivity index (χ3n) is 3.99. The molecule has 1 aliphatic heterocycles. The Hall–Kier alpha value is -1.87. The number of benzene rings is 2. The molecule has 21 heavy (non-hydrogen) atoms. The minimum Gasteiger partial charge on any atom is -0.493 e. The van der Waals surface area contributed by atoms with Gasteiger partial charge in [-0.3, -0.25) is 0 Å². The summed E-state index contributed by atoms with van der Waals surface area (Å²) in [5.74, 6) is 1.23. The smallest absolute Gasteiger partial charge is 0.124 e. The molecule has 0 spiro atoms. The standard InChI is InChI=1S/C18H20FNO/c1-13-12-21-17-8-3-2-7-16(17)18(13)20-10-9-14-5-4-6-15(19)11-14/h2-8,11,13,18,20H,9-10,12H2,1H3. The summed E-state index contributed by atoms with van der Waals surface area (Å²) < 4.78 is 18.9. The number of ether oxygens (including phenoxy) is 1. The molecule has 2 aromatic carbocycles. The molecule has 110 valence electrons. The molecule has 0 amide bonds. The summed E-state index contributed by atoms with van der Waals surface area (Å²) in [7, 11) is 0. The molecule has 0 aliphatic carbocycles. The third-order valence-corrected chi connectivity index (χ3v) is 3.99. The monoisotopic (exact) mass is 285 g/mol. The average molecular weight is 285 g/mol. The van der Waals surface area contributed by atoms with Gasteiger partial charge in [-0.25, -0.2) is 4.39 Å². The number of nitrogens with one attached hydrogen (secondary N) is 1. The maximum atomic E-state index is 13.2. The topological polar surface area (TPSA) is 21.3 Å². The van der Waals surface area contributed by atoms with Crippen molar-refractivity contribution < 1.29 is 9.13 Å². The van der Waals surface area contributed by atoms with Crippen molar-refractivity contribution >= 4 is 0 Å². The van der Waals surface area contributed by atoms with Crippen LogP contribution in [0.15, 0.2) is 48.5 Å². The van der Waals surface area contributed by atoms with E-state index in [2.05, 4.69) is 18.3 Å². The van der Waals surface area contributed by atoms with E-state index in [-0.39, 0.29) is 5.82 Å². The normalized spacial score (nSPS) is 20.7. The number of halogens is 1. The summed E-state index contributed by atoms with van der Waals surface area (Å²) in [6, 6.07) is 15.3. The van der Waals surface area contributed by atoms with E-state index in [1.54, 1.807) is 12.1 Å². The number of fused-ring (bicyclic) bond motifs is 1. The van der Waals surface area contributed by atoms with Gasteiger partial charge in [0.05, 0.1) is 6.61 Å². The highest BCUT2D eigenvalue weighted by atomic mass is 19.1. The molecule has 0 aromatic heterocycles. The summed E-state index contributed by atoms with van der Waals surface area (Å²) in [5.41, 5.74) is 2.24. The van der Waals surface area contributed by atoms with Gasteiger partial charge in [-0.05, 0) is 36.7 Å². The van der Waals surface area contributed by atoms with Gasteiger partial charge in [-0.1, -0.05) is 37.3 Å². The summed E-state index contributed by atoms with van der Waals surface area (Å²) in [6.07, 6.45) is 0.823. The van der Waals surface area contributed by atoms with Crippen LogP contribution in [0.3, 0.4) is 0 Å². The Bertz CT molecular complexity index is 614. The number of hydrogen-bond acceptors (Lipinski definition) is 2. The molecule has 1 aliphatic rings. The van der Waals surface area contributed by atoms with Gasteiger partial charge in [-0.2, -0.15) is 0 Å². The van der Waals surface area contributed by atoms with Crippen LogP contribution in [0.4, 0.5) is 4.39 Å². The fourth-order valence-electron chi connectivity index (χ4n) is 2.87. The van der Waals surface area contributed by atoms with E-state index in [9.17, 15) is 4.39 Å². The maximum Gasteiger partial charge on any atom is 0.124 e. The minimum absolute atomic E-state index is 0.169. The maximum absolute atomic E-state index is 13.2. The highest BCUT2D eigenvalue weighted by molar-refractivity contribution is 5.37. The highest BCUT2D eigenvalue weighted by Crippen LogP contribution is 2.34. The second-order valence-electron chi connectivity index (χ2n) is 5.64. The van der Waals surface area contributed by atoms with Crippen LogP contribution in [-0.2, 0) is 6.42 Å². The molecule has 1 heterocycles. The van der Waals surface area contributed by atoms with Gasteiger partial charge in [0, 0.05) is 17.5 Å². The third kappa shape index (κ3) is 3.24. The quantitative estimate of drug-likeness (QED) is 0.924. The first-order valence-corrected chi connectivity index (χ1v) is 7.43. The summed E-state index contributed by atoms with van der Waals surface area (Å²) >= 11 is 0. The summed E-state index contributed by atoms with van der Waals surface area (Å²) in [4.78, 5) is 0. The second kappa shape index (κ2) is 6.27. The van der Waals surface area contributed by atoms with Gasteiger partial charge in [0.25, 0.3) is 0 Å². The fourth-order valence-corrected chi connectivity index (χ4v) is 2.87. The minimum atomic E-state index is -0.169. The molecule has 3 heteroatoms. The van der Waals surface area contributed by atoms with Gasteiger partial charge in [0.15, 0.2) is 0 Å². The Balaban J connectivity index is 1.65. The lowest BCUT2D eigenvalue weighted by Gasteiger charge is -2.32. The van der Waals surface area contributed by atoms with Crippen LogP contribution in [0.1, 0.15) is 24.1 Å². The van der Waals surface area contributed by atoms with Gasteiger partial charge < -0.3 is 10.1 Å². The predicted molar refractivity (Wildman–Crippen MR) is 81.9 cm³/mol. The Morgan fingerprint density at radius 1 is 1.19 bits per heavy atom. The molecular formula is C18H20FNO. The molecule has 1 N–H and O–H groups in total. The fraction of sp³-hybridized carbons (Fsp3) is 0.333. The van der Waals surface area contributed by atoms with Crippen LogP contribution >= 0.6 is 0 Å². The largest absolute Gasteiger partial charge is 0.493 e. The first-order chi connectivity index (χ1) is 10.2. The molecule has 2 unspecified atom stereocenters. The van der Waals surface area contributed by atoms with E-state index in [1.807, 2.05) is 24.3 Å². The highest BCUT2D eigenvalue weighted by Gasteiger charge is 2.26. The van der Waals surface area contributed by atoms with Crippen molar-refractivity contribution in [3.8, 4) is 5.75 Å². The SMILES string of the molecule is CC1COc2ccccc2C1NCCc1cccc(F)c1. The number of para-hydroxylation sites is 1. The Labute approximate surface area is 125 Å². The first-order valence-electron chi connectivity index (χ1n) is 7.43. The zero-order valence-electron chi connectivity index (χ0n) is 12.2. The van der Waals surface area contributed by atoms with Crippen LogP contribution in [-0.4, -0.2) is 13.2 Å². The van der Waals surface area contributed by atoms with Gasteiger partial charge in [0.2, 0.25) is 0 Å². The Morgan fingerprint density at radius 3 is 2.90 bits per heavy atom. The lowest BCUT2D eigenvalue weighted by atomic mass is 9.92. The van der Waals surface area contributed by atoms with Gasteiger partial charge >= 0.3 is 0 Å². The molecule has 3 rings (SSSR count). The number of rotatable bonds is 4. The van der Waals surface area contributed by atoms with Crippen molar-refractivity contribution in [3.63, 3.8) is 0 Å². The van der Waals surface area contributed by atoms with Gasteiger partial charge in [-0.15, -0.1) is 0 Å². The van der Waals surface area contributed by atoms with Crippen LogP contribution in [0.5, 0.6) is 5.75 Å². The van der Waals surface area contributed by atoms with Crippen LogP contribution < -0.4 is 10.1 Å². The predicted octanol–water partition coefficient (Wildman–Crippen LogP) is 3.73. The van der Waals surface area contributed by atoms with E-state index in [1.165, 1.54) is 11.6 Å². The number of hydrogen-bond donors (Lipinski definition) is 1. The Kier molecular flexibility index (Phi) is 4.20. The first kappa shape index (κ1) is 14.1. The van der Waals surface area contributed by atoms with Crippen molar-refractivity contribution in [2.75, 3.05) is 13.2 Å². The van der Waals surface area contributed by atoms with Crippen molar-refractivity contribution in [1.82, 2.24) is 5.32 Å². The van der Waals surface area contributed by atoms with E-state index < -0.39 is 0 Å². The molecule has 0 fully saturated rings. The molecule has 2 aromatic rings. The van der Waals surface area contributed by atoms with Crippen LogP contribution in [0.2, 0.25) is 0 Å². The zero-order valence-corrected chi connectivity index (χ0v) is 12.2. The lowest BCUT2D eigenvalue weighted by Crippen LogP contribution is -2.35. The van der Waals surface area contributed by atoms with Crippen LogP contribution in [0.25, 0.3) is 0 Å². The van der Waals surface area contributed by atoms with Crippen molar-refractivity contribution in [1.29, 1.82) is 0 Å². The lowest BCUT2D eigenvalue weighted by molar-refractivity contribution is 0.189. The average Bonchev–Trinajstić information content (AvgIpc) is 2.50. The van der Waals surface area contributed by atoms with Crippen molar-refractivity contribution in [2.24, 2.45) is 5.92 Å². The molecule has 0 saturated heterocycles. The summed E-state index contributed by atoms with van der Waals surface area (Å²) in [6.45, 7) is 3.75. The van der Waals surface area contributed by atoms with E-state index >= 15 is 0 Å². The molecule has 2 nitrogen and oxygen atoms in total. The second-order valence-corrected chi connectivity index (χ2v) is 5.64. The molecule has 0 bridgehead atoms. The van der Waals surface area contributed by atoms with Crippen molar-refractivity contribution in [3.05, 3.63) is 65.5 Å². The molecule has 0 saturated carbocycles. The molecule has 0 radical (unpaired) electrons. The summed E-state index contributed by atoms with van der Waals surface area (Å²) in [5, 5.41) is 3.59. The Morgan fingerprint density at radius 2 is 2.05 bits per heavy atom. The van der Waals surface area contributed by atoms with E-state index in [4.69, 9.17) is 4.74 Å². The zero-order chi connectivity index (χ0) is 14.7. The van der Waals surface area contributed by atoms with Crippen LogP contribution in [0, 0.1) is 11.7 Å². The molecular weight excluding hydrogens is 265 g/mol. The van der Waals surface area contributed by atoms with Gasteiger partial charge in [0.1, 0.15) is 11.6 Å². The van der Waals surface area contributed by atoms with E-state index in [0.29, 0.717) is 12.0 Å². The molecule has 2 atom stereocenters. The van der Waals surface area contributed by atoms with E-state index in [0.717, 1.165) is 30.9 Å². The van der Waals surface area contributed by atoms with Crippen molar-refractivity contribution in [2.45, 2.75) is 19.4 Å².